The molecule has 0 radical (unpaired) electrons. The third-order valence-corrected chi connectivity index (χ3v) is 6.34. The molecule has 1 N–H and O–H groups in total. The molecule has 1 heterocycles. The van der Waals surface area contributed by atoms with Gasteiger partial charge in [0.2, 0.25) is 5.91 Å². The van der Waals surface area contributed by atoms with Crippen LogP contribution in [0, 0.1) is 24.0 Å². The number of nitro benzene ring substituents is 1. The first-order valence-electron chi connectivity index (χ1n) is 10.6. The van der Waals surface area contributed by atoms with Gasteiger partial charge >= 0.3 is 0 Å². The molecule has 172 valence electrons. The Labute approximate surface area is 201 Å². The highest BCUT2D eigenvalue weighted by Gasteiger charge is 2.23. The molecule has 3 aromatic carbocycles. The number of hydrogen-bond acceptors (Lipinski definition) is 6. The zero-order chi connectivity index (χ0) is 24.2. The van der Waals surface area contributed by atoms with Crippen molar-refractivity contribution < 1.29 is 9.72 Å². The number of aromatic nitrogens is 3. The second-order valence-electron chi connectivity index (χ2n) is 7.85. The van der Waals surface area contributed by atoms with Crippen molar-refractivity contribution in [3.05, 3.63) is 94.0 Å². The largest absolute Gasteiger partial charge is 0.325 e. The fourth-order valence-corrected chi connectivity index (χ4v) is 4.22. The second-order valence-corrected chi connectivity index (χ2v) is 9.16. The molecule has 1 amide bonds. The Morgan fingerprint density at radius 3 is 2.41 bits per heavy atom. The molecular formula is C25H23N5O3S. The first-order chi connectivity index (χ1) is 16.3. The Morgan fingerprint density at radius 1 is 1.03 bits per heavy atom. The number of carbonyl (C=O) groups is 1. The highest BCUT2D eigenvalue weighted by atomic mass is 32.2. The average Bonchev–Trinajstić information content (AvgIpc) is 3.24. The van der Waals surface area contributed by atoms with E-state index in [0.717, 1.165) is 22.4 Å². The van der Waals surface area contributed by atoms with Crippen molar-refractivity contribution in [2.45, 2.75) is 31.2 Å². The zero-order valence-corrected chi connectivity index (χ0v) is 19.7. The number of para-hydroxylation sites is 1. The Hall–Kier alpha value is -3.98. The van der Waals surface area contributed by atoms with E-state index in [0.29, 0.717) is 16.7 Å². The monoisotopic (exact) mass is 473 g/mol. The first kappa shape index (κ1) is 23.2. The molecule has 4 rings (SSSR count). The quantitative estimate of drug-likeness (QED) is 0.214. The maximum Gasteiger partial charge on any atom is 0.271 e. The molecule has 34 heavy (non-hydrogen) atoms. The summed E-state index contributed by atoms with van der Waals surface area (Å²) < 4.78 is 1.93. The molecule has 0 saturated carbocycles. The zero-order valence-electron chi connectivity index (χ0n) is 18.9. The summed E-state index contributed by atoms with van der Waals surface area (Å²) >= 11 is 1.27. The van der Waals surface area contributed by atoms with Crippen LogP contribution in [0.2, 0.25) is 0 Å². The van der Waals surface area contributed by atoms with Crippen molar-refractivity contribution in [1.29, 1.82) is 0 Å². The van der Waals surface area contributed by atoms with Gasteiger partial charge in [0, 0.05) is 23.4 Å². The minimum absolute atomic E-state index is 0.0761. The van der Waals surface area contributed by atoms with Crippen molar-refractivity contribution in [3.63, 3.8) is 0 Å². The molecule has 0 fully saturated rings. The van der Waals surface area contributed by atoms with E-state index >= 15 is 0 Å². The Morgan fingerprint density at radius 2 is 1.74 bits per heavy atom. The van der Waals surface area contributed by atoms with Gasteiger partial charge in [0.1, 0.15) is 0 Å². The topological polar surface area (TPSA) is 103 Å². The van der Waals surface area contributed by atoms with Crippen LogP contribution in [0.4, 0.5) is 11.4 Å². The normalized spacial score (nSPS) is 11.7. The molecule has 0 aliphatic carbocycles. The highest BCUT2D eigenvalue weighted by Crippen LogP contribution is 2.31. The summed E-state index contributed by atoms with van der Waals surface area (Å²) in [7, 11) is 0. The van der Waals surface area contributed by atoms with Crippen LogP contribution in [0.15, 0.2) is 78.0 Å². The first-order valence-corrected chi connectivity index (χ1v) is 11.5. The summed E-state index contributed by atoms with van der Waals surface area (Å²) in [5, 5.41) is 22.8. The molecule has 0 spiro atoms. The number of aryl methyl sites for hydroxylation is 2. The van der Waals surface area contributed by atoms with Crippen molar-refractivity contribution in [3.8, 4) is 17.1 Å². The van der Waals surface area contributed by atoms with Crippen molar-refractivity contribution in [2.75, 3.05) is 5.32 Å². The minimum Gasteiger partial charge on any atom is -0.325 e. The van der Waals surface area contributed by atoms with E-state index in [2.05, 4.69) is 15.5 Å². The SMILES string of the molecule is Cc1ccc(-c2nnc(S[C@@H](C)C(=O)Nc3cc([N+](=O)[O-])ccc3C)n2-c2ccccc2)cc1. The van der Waals surface area contributed by atoms with Gasteiger partial charge in [0.05, 0.1) is 15.9 Å². The second kappa shape index (κ2) is 9.88. The number of anilines is 1. The van der Waals surface area contributed by atoms with Crippen LogP contribution >= 0.6 is 11.8 Å². The molecular weight excluding hydrogens is 450 g/mol. The van der Waals surface area contributed by atoms with E-state index in [4.69, 9.17) is 0 Å². The van der Waals surface area contributed by atoms with Crippen LogP contribution in [0.5, 0.6) is 0 Å². The van der Waals surface area contributed by atoms with Gasteiger partial charge in [-0.1, -0.05) is 65.9 Å². The fraction of sp³-hybridized carbons (Fsp3) is 0.160. The Bertz CT molecular complexity index is 1340. The lowest BCUT2D eigenvalue weighted by Crippen LogP contribution is -2.23. The van der Waals surface area contributed by atoms with E-state index in [1.165, 1.54) is 23.9 Å². The van der Waals surface area contributed by atoms with E-state index in [1.54, 1.807) is 19.9 Å². The molecule has 0 aliphatic heterocycles. The number of nitrogens with zero attached hydrogens (tertiary/aromatic N) is 4. The number of nitro groups is 1. The van der Waals surface area contributed by atoms with Crippen LogP contribution in [0.3, 0.4) is 0 Å². The van der Waals surface area contributed by atoms with Crippen LogP contribution in [-0.4, -0.2) is 30.8 Å². The van der Waals surface area contributed by atoms with Crippen LogP contribution in [-0.2, 0) is 4.79 Å². The Balaban J connectivity index is 1.62. The third kappa shape index (κ3) is 4.99. The van der Waals surface area contributed by atoms with Crippen LogP contribution in [0.25, 0.3) is 17.1 Å². The Kier molecular flexibility index (Phi) is 6.74. The van der Waals surface area contributed by atoms with E-state index in [1.807, 2.05) is 66.1 Å². The minimum atomic E-state index is -0.531. The van der Waals surface area contributed by atoms with Gasteiger partial charge in [-0.2, -0.15) is 0 Å². The molecule has 4 aromatic rings. The van der Waals surface area contributed by atoms with E-state index < -0.39 is 10.2 Å². The highest BCUT2D eigenvalue weighted by molar-refractivity contribution is 8.00. The maximum atomic E-state index is 13.0. The number of amides is 1. The van der Waals surface area contributed by atoms with Gasteiger partial charge < -0.3 is 5.32 Å². The summed E-state index contributed by atoms with van der Waals surface area (Å²) in [5.74, 6) is 0.393. The lowest BCUT2D eigenvalue weighted by Gasteiger charge is -2.15. The molecule has 8 nitrogen and oxygen atoms in total. The van der Waals surface area contributed by atoms with Gasteiger partial charge in [-0.25, -0.2) is 0 Å². The predicted octanol–water partition coefficient (Wildman–Crippen LogP) is 5.58. The summed E-state index contributed by atoms with van der Waals surface area (Å²) in [6.07, 6.45) is 0. The smallest absolute Gasteiger partial charge is 0.271 e. The van der Waals surface area contributed by atoms with Crippen LogP contribution in [0.1, 0.15) is 18.1 Å². The molecule has 0 saturated heterocycles. The summed E-state index contributed by atoms with van der Waals surface area (Å²) in [4.78, 5) is 23.6. The fourth-order valence-electron chi connectivity index (χ4n) is 3.35. The summed E-state index contributed by atoms with van der Waals surface area (Å²) in [6, 6.07) is 22.1. The van der Waals surface area contributed by atoms with Gasteiger partial charge in [-0.15, -0.1) is 10.2 Å². The number of non-ortho nitro benzene ring substituents is 1. The van der Waals surface area contributed by atoms with Gasteiger partial charge in [0.25, 0.3) is 5.69 Å². The number of hydrogen-bond donors (Lipinski definition) is 1. The lowest BCUT2D eigenvalue weighted by molar-refractivity contribution is -0.384. The summed E-state index contributed by atoms with van der Waals surface area (Å²) in [6.45, 7) is 5.58. The molecule has 0 aliphatic rings. The molecule has 1 aromatic heterocycles. The summed E-state index contributed by atoms with van der Waals surface area (Å²) in [5.41, 5.74) is 4.02. The standard InChI is InChI=1S/C25H23N5O3S/c1-16-9-12-19(13-10-16)23-27-28-25(29(23)20-7-5-4-6-8-20)34-18(3)24(31)26-22-15-21(30(32)33)14-11-17(22)2/h4-15,18H,1-3H3,(H,26,31)/t18-/m0/s1. The van der Waals surface area contributed by atoms with E-state index in [9.17, 15) is 14.9 Å². The van der Waals surface area contributed by atoms with Crippen LogP contribution < -0.4 is 5.32 Å². The maximum absolute atomic E-state index is 13.0. The molecule has 0 bridgehead atoms. The lowest BCUT2D eigenvalue weighted by atomic mass is 10.1. The average molecular weight is 474 g/mol. The van der Waals surface area contributed by atoms with Crippen molar-refractivity contribution >= 4 is 29.0 Å². The van der Waals surface area contributed by atoms with Gasteiger partial charge in [-0.05, 0) is 38.5 Å². The number of benzene rings is 3. The third-order valence-electron chi connectivity index (χ3n) is 5.30. The van der Waals surface area contributed by atoms with Crippen molar-refractivity contribution in [1.82, 2.24) is 14.8 Å². The van der Waals surface area contributed by atoms with Gasteiger partial charge in [-0.3, -0.25) is 19.5 Å². The number of rotatable bonds is 7. The van der Waals surface area contributed by atoms with Gasteiger partial charge in [0.15, 0.2) is 11.0 Å². The molecule has 1 atom stereocenters. The van der Waals surface area contributed by atoms with E-state index in [-0.39, 0.29) is 11.6 Å². The molecule has 9 heteroatoms. The molecule has 0 unspecified atom stereocenters. The number of carbonyl (C=O) groups excluding carboxylic acids is 1. The predicted molar refractivity (Wildman–Crippen MR) is 133 cm³/mol. The number of nitrogens with one attached hydrogen (secondary N) is 1. The van der Waals surface area contributed by atoms with Crippen molar-refractivity contribution in [2.24, 2.45) is 0 Å². The number of thioether (sulfide) groups is 1.